The lowest BCUT2D eigenvalue weighted by atomic mass is 9.84. The van der Waals surface area contributed by atoms with E-state index in [2.05, 4.69) is 84.4 Å². The highest BCUT2D eigenvalue weighted by atomic mass is 15.1. The van der Waals surface area contributed by atoms with Crippen LogP contribution in [0.25, 0.3) is 22.2 Å². The van der Waals surface area contributed by atoms with E-state index in [4.69, 9.17) is 0 Å². The van der Waals surface area contributed by atoms with Crippen LogP contribution in [0.2, 0.25) is 0 Å². The first kappa shape index (κ1) is 20.5. The molecule has 0 amide bonds. The third-order valence-corrected chi connectivity index (χ3v) is 7.02. The monoisotopic (exact) mass is 419 g/mol. The van der Waals surface area contributed by atoms with Crippen LogP contribution in [0.15, 0.2) is 66.7 Å². The van der Waals surface area contributed by atoms with E-state index >= 15 is 0 Å². The van der Waals surface area contributed by atoms with Crippen molar-refractivity contribution in [2.75, 3.05) is 13.1 Å². The Balaban J connectivity index is 1.43. The number of H-pyrrole nitrogens is 1. The van der Waals surface area contributed by atoms with Gasteiger partial charge in [0.1, 0.15) is 0 Å². The van der Waals surface area contributed by atoms with Crippen molar-refractivity contribution < 1.29 is 0 Å². The minimum atomic E-state index is 0.655. The molecule has 2 heterocycles. The third-order valence-electron chi connectivity index (χ3n) is 7.02. The van der Waals surface area contributed by atoms with Gasteiger partial charge in [0.05, 0.1) is 17.3 Å². The van der Waals surface area contributed by atoms with Crippen LogP contribution < -0.4 is 0 Å². The third kappa shape index (κ3) is 3.83. The van der Waals surface area contributed by atoms with E-state index < -0.39 is 0 Å². The maximum atomic E-state index is 9.34. The molecule has 3 heteroatoms. The number of aryl methyl sites for hydroxylation is 2. The van der Waals surface area contributed by atoms with Crippen LogP contribution in [0.5, 0.6) is 0 Å². The molecule has 4 aromatic rings. The Hall–Kier alpha value is -3.35. The molecule has 1 aliphatic rings. The van der Waals surface area contributed by atoms with Crippen LogP contribution >= 0.6 is 0 Å². The first-order valence-electron chi connectivity index (χ1n) is 11.5. The molecule has 5 rings (SSSR count). The van der Waals surface area contributed by atoms with Gasteiger partial charge in [-0.1, -0.05) is 54.6 Å². The van der Waals surface area contributed by atoms with Gasteiger partial charge >= 0.3 is 0 Å². The fraction of sp³-hybridized carbons (Fsp3) is 0.276. The zero-order chi connectivity index (χ0) is 22.1. The minimum Gasteiger partial charge on any atom is -0.354 e. The van der Waals surface area contributed by atoms with Gasteiger partial charge < -0.3 is 4.98 Å². The van der Waals surface area contributed by atoms with Crippen molar-refractivity contribution in [1.82, 2.24) is 9.88 Å². The maximum absolute atomic E-state index is 9.34. The summed E-state index contributed by atoms with van der Waals surface area (Å²) in [6.45, 7) is 7.64. The fourth-order valence-electron chi connectivity index (χ4n) is 5.42. The van der Waals surface area contributed by atoms with E-state index in [1.165, 1.54) is 46.2 Å². The molecule has 0 radical (unpaired) electrons. The average molecular weight is 420 g/mol. The van der Waals surface area contributed by atoms with E-state index in [0.29, 0.717) is 11.5 Å². The number of likely N-dealkylation sites (tertiary alicyclic amines) is 1. The molecule has 1 aliphatic heterocycles. The SMILES string of the molecule is Cc1cccc(C)c1C1CCN(Cc2c(-c3ccccc3)[nH]c3cc(C#N)ccc23)CC1. The second-order valence-electron chi connectivity index (χ2n) is 9.07. The summed E-state index contributed by atoms with van der Waals surface area (Å²) in [5.41, 5.74) is 9.87. The molecule has 0 atom stereocenters. The number of benzene rings is 3. The van der Waals surface area contributed by atoms with Crippen molar-refractivity contribution in [3.63, 3.8) is 0 Å². The van der Waals surface area contributed by atoms with Crippen molar-refractivity contribution in [2.45, 2.75) is 39.2 Å². The number of fused-ring (bicyclic) bond motifs is 1. The molecule has 0 bridgehead atoms. The molecule has 32 heavy (non-hydrogen) atoms. The number of nitrogens with zero attached hydrogens (tertiary/aromatic N) is 2. The smallest absolute Gasteiger partial charge is 0.0992 e. The second-order valence-corrected chi connectivity index (χ2v) is 9.07. The van der Waals surface area contributed by atoms with E-state index in [1.807, 2.05) is 12.1 Å². The van der Waals surface area contributed by atoms with E-state index in [9.17, 15) is 5.26 Å². The number of nitrogens with one attached hydrogen (secondary N) is 1. The van der Waals surface area contributed by atoms with Crippen LogP contribution in [-0.2, 0) is 6.54 Å². The normalized spacial score (nSPS) is 15.2. The Labute approximate surface area is 190 Å². The lowest BCUT2D eigenvalue weighted by molar-refractivity contribution is 0.205. The van der Waals surface area contributed by atoms with Crippen LogP contribution in [0.1, 0.15) is 46.6 Å². The van der Waals surface area contributed by atoms with Crippen molar-refractivity contribution in [3.8, 4) is 17.3 Å². The summed E-state index contributed by atoms with van der Waals surface area (Å²) < 4.78 is 0. The Kier molecular flexibility index (Phi) is 5.55. The highest BCUT2D eigenvalue weighted by molar-refractivity contribution is 5.91. The Morgan fingerprint density at radius 2 is 1.66 bits per heavy atom. The van der Waals surface area contributed by atoms with Gasteiger partial charge in [0.15, 0.2) is 0 Å². The van der Waals surface area contributed by atoms with Gasteiger partial charge in [0.25, 0.3) is 0 Å². The summed E-state index contributed by atoms with van der Waals surface area (Å²) in [6.07, 6.45) is 2.40. The van der Waals surface area contributed by atoms with Crippen LogP contribution in [0.3, 0.4) is 0 Å². The van der Waals surface area contributed by atoms with Crippen LogP contribution in [-0.4, -0.2) is 23.0 Å². The standard InChI is InChI=1S/C29H29N3/c1-20-7-6-8-21(2)28(20)23-13-15-32(16-14-23)19-26-25-12-11-22(18-30)17-27(25)31-29(26)24-9-4-3-5-10-24/h3-12,17,23,31H,13-16,19H2,1-2H3. The van der Waals surface area contributed by atoms with Gasteiger partial charge in [0.2, 0.25) is 0 Å². The molecular weight excluding hydrogens is 390 g/mol. The summed E-state index contributed by atoms with van der Waals surface area (Å²) in [5.74, 6) is 0.655. The number of nitriles is 1. The number of aromatic nitrogens is 1. The van der Waals surface area contributed by atoms with Gasteiger partial charge in [-0.25, -0.2) is 0 Å². The summed E-state index contributed by atoms with van der Waals surface area (Å²) in [5, 5.41) is 10.6. The number of aromatic amines is 1. The average Bonchev–Trinajstić information content (AvgIpc) is 3.18. The minimum absolute atomic E-state index is 0.655. The van der Waals surface area contributed by atoms with Gasteiger partial charge in [-0.05, 0) is 85.6 Å². The number of hydrogen-bond donors (Lipinski definition) is 1. The molecule has 0 unspecified atom stereocenters. The first-order valence-corrected chi connectivity index (χ1v) is 11.5. The van der Waals surface area contributed by atoms with Gasteiger partial charge in [-0.15, -0.1) is 0 Å². The Morgan fingerprint density at radius 3 is 2.34 bits per heavy atom. The molecule has 3 aromatic carbocycles. The number of piperidine rings is 1. The van der Waals surface area contributed by atoms with Gasteiger partial charge in [-0.2, -0.15) is 5.26 Å². The first-order chi connectivity index (χ1) is 15.6. The number of hydrogen-bond acceptors (Lipinski definition) is 2. The van der Waals surface area contributed by atoms with E-state index in [0.717, 1.165) is 25.2 Å². The van der Waals surface area contributed by atoms with Crippen molar-refractivity contribution in [3.05, 3.63) is 94.5 Å². The molecular formula is C29H29N3. The molecule has 0 aliphatic carbocycles. The Morgan fingerprint density at radius 1 is 0.938 bits per heavy atom. The van der Waals surface area contributed by atoms with Crippen LogP contribution in [0, 0.1) is 25.2 Å². The molecule has 160 valence electrons. The zero-order valence-corrected chi connectivity index (χ0v) is 18.9. The summed E-state index contributed by atoms with van der Waals surface area (Å²) in [7, 11) is 0. The predicted molar refractivity (Wildman–Crippen MR) is 132 cm³/mol. The summed E-state index contributed by atoms with van der Waals surface area (Å²) in [4.78, 5) is 6.21. The van der Waals surface area contributed by atoms with Crippen molar-refractivity contribution in [2.24, 2.45) is 0 Å². The largest absolute Gasteiger partial charge is 0.354 e. The highest BCUT2D eigenvalue weighted by Crippen LogP contribution is 2.36. The van der Waals surface area contributed by atoms with E-state index in [1.54, 1.807) is 5.56 Å². The highest BCUT2D eigenvalue weighted by Gasteiger charge is 2.24. The van der Waals surface area contributed by atoms with Crippen LogP contribution in [0.4, 0.5) is 0 Å². The Bertz CT molecular complexity index is 1270. The van der Waals surface area contributed by atoms with Crippen molar-refractivity contribution in [1.29, 1.82) is 5.26 Å². The maximum Gasteiger partial charge on any atom is 0.0992 e. The van der Waals surface area contributed by atoms with Crippen molar-refractivity contribution >= 4 is 10.9 Å². The molecule has 0 saturated carbocycles. The lowest BCUT2D eigenvalue weighted by Gasteiger charge is -2.33. The molecule has 1 fully saturated rings. The lowest BCUT2D eigenvalue weighted by Crippen LogP contribution is -2.33. The topological polar surface area (TPSA) is 42.8 Å². The summed E-state index contributed by atoms with van der Waals surface area (Å²) >= 11 is 0. The fourth-order valence-corrected chi connectivity index (χ4v) is 5.42. The van der Waals surface area contributed by atoms with Gasteiger partial charge in [-0.3, -0.25) is 4.90 Å². The molecule has 1 aromatic heterocycles. The molecule has 3 nitrogen and oxygen atoms in total. The molecule has 1 saturated heterocycles. The van der Waals surface area contributed by atoms with E-state index in [-0.39, 0.29) is 0 Å². The zero-order valence-electron chi connectivity index (χ0n) is 18.9. The molecule has 1 N–H and O–H groups in total. The quantitative estimate of drug-likeness (QED) is 0.400. The molecule has 0 spiro atoms. The second kappa shape index (κ2) is 8.65. The summed E-state index contributed by atoms with van der Waals surface area (Å²) in [6, 6.07) is 25.5. The predicted octanol–water partition coefficient (Wildman–Crippen LogP) is 6.70. The van der Waals surface area contributed by atoms with Gasteiger partial charge in [0, 0.05) is 17.4 Å². The number of rotatable bonds is 4.